The topological polar surface area (TPSA) is 71.5 Å². The van der Waals surface area contributed by atoms with Gasteiger partial charge in [-0.1, -0.05) is 24.3 Å². The number of nitrogens with one attached hydrogen (secondary N) is 1. The molecule has 2 atom stereocenters. The first-order valence-corrected chi connectivity index (χ1v) is 12.9. The predicted octanol–water partition coefficient (Wildman–Crippen LogP) is 5.20. The molecule has 2 aromatic heterocycles. The van der Waals surface area contributed by atoms with Gasteiger partial charge in [0.15, 0.2) is 0 Å². The molecule has 8 heteroatoms. The van der Waals surface area contributed by atoms with Crippen LogP contribution in [0.15, 0.2) is 60.7 Å². The second-order valence-electron chi connectivity index (χ2n) is 8.50. The third-order valence-corrected chi connectivity index (χ3v) is 7.98. The van der Waals surface area contributed by atoms with Gasteiger partial charge in [-0.3, -0.25) is 9.59 Å². The minimum Gasteiger partial charge on any atom is -0.372 e. The van der Waals surface area contributed by atoms with Crippen molar-refractivity contribution in [3.63, 3.8) is 0 Å². The molecule has 34 heavy (non-hydrogen) atoms. The first kappa shape index (κ1) is 22.7. The molecule has 3 heterocycles. The molecule has 174 valence electrons. The molecular weight excluding hydrogens is 466 g/mol. The Bertz CT molecular complexity index is 1290. The molecule has 5 rings (SSSR count). The third-order valence-electron chi connectivity index (χ3n) is 5.70. The van der Waals surface area contributed by atoms with Crippen molar-refractivity contribution in [2.45, 2.75) is 32.6 Å². The van der Waals surface area contributed by atoms with E-state index in [2.05, 4.69) is 16.4 Å². The largest absolute Gasteiger partial charge is 0.372 e. The van der Waals surface area contributed by atoms with E-state index >= 15 is 0 Å². The molecule has 1 fully saturated rings. The fraction of sp³-hybridized carbons (Fsp3) is 0.269. The van der Waals surface area contributed by atoms with Crippen LogP contribution in [-0.2, 0) is 11.3 Å². The number of amides is 2. The van der Waals surface area contributed by atoms with Gasteiger partial charge in [-0.2, -0.15) is 0 Å². The number of benzene rings is 2. The van der Waals surface area contributed by atoms with E-state index in [-0.39, 0.29) is 24.0 Å². The average Bonchev–Trinajstić information content (AvgIpc) is 3.49. The van der Waals surface area contributed by atoms with Crippen LogP contribution in [0.25, 0.3) is 20.1 Å². The normalized spacial score (nSPS) is 18.2. The summed E-state index contributed by atoms with van der Waals surface area (Å²) in [6.07, 6.45) is 0.0733. The van der Waals surface area contributed by atoms with E-state index in [1.807, 2.05) is 73.3 Å². The van der Waals surface area contributed by atoms with Crippen molar-refractivity contribution in [3.05, 3.63) is 76.7 Å². The minimum absolute atomic E-state index is 0.0125. The van der Waals surface area contributed by atoms with Crippen LogP contribution in [0.5, 0.6) is 0 Å². The highest BCUT2D eigenvalue weighted by molar-refractivity contribution is 7.26. The number of fused-ring (bicyclic) bond motifs is 1. The molecule has 1 saturated heterocycles. The molecule has 2 amide bonds. The van der Waals surface area contributed by atoms with Gasteiger partial charge >= 0.3 is 0 Å². The summed E-state index contributed by atoms with van der Waals surface area (Å²) in [6, 6.07) is 19.3. The van der Waals surface area contributed by atoms with Crippen molar-refractivity contribution in [1.82, 2.24) is 15.2 Å². The van der Waals surface area contributed by atoms with Crippen LogP contribution in [0, 0.1) is 0 Å². The lowest BCUT2D eigenvalue weighted by molar-refractivity contribution is -0.0586. The Morgan fingerprint density at radius 2 is 1.74 bits per heavy atom. The van der Waals surface area contributed by atoms with Gasteiger partial charge in [0.05, 0.1) is 32.2 Å². The SMILES string of the molecule is CC1CN(C(=O)c2ccc(CNC(=O)c3ccc(-c4nc5ccccc5s4)s3)cc2)CC(C)O1. The summed E-state index contributed by atoms with van der Waals surface area (Å²) >= 11 is 3.07. The maximum absolute atomic E-state index is 12.8. The second kappa shape index (κ2) is 9.66. The van der Waals surface area contributed by atoms with E-state index in [4.69, 9.17) is 4.74 Å². The van der Waals surface area contributed by atoms with Crippen LogP contribution in [0.2, 0.25) is 0 Å². The molecule has 2 aromatic carbocycles. The van der Waals surface area contributed by atoms with Crippen LogP contribution in [-0.4, -0.2) is 47.0 Å². The third kappa shape index (κ3) is 4.89. The fourth-order valence-corrected chi connectivity index (χ4v) is 6.06. The lowest BCUT2D eigenvalue weighted by Gasteiger charge is -2.35. The van der Waals surface area contributed by atoms with Gasteiger partial charge in [-0.15, -0.1) is 22.7 Å². The first-order chi connectivity index (χ1) is 16.5. The summed E-state index contributed by atoms with van der Waals surface area (Å²) < 4.78 is 6.85. The highest BCUT2D eigenvalue weighted by Crippen LogP contribution is 2.34. The molecule has 0 radical (unpaired) electrons. The van der Waals surface area contributed by atoms with E-state index in [1.54, 1.807) is 11.3 Å². The molecule has 4 aromatic rings. The number of carbonyl (C=O) groups is 2. The molecule has 1 aliphatic heterocycles. The molecule has 1 aliphatic rings. The van der Waals surface area contributed by atoms with Gasteiger partial charge in [-0.25, -0.2) is 4.98 Å². The van der Waals surface area contributed by atoms with Crippen LogP contribution < -0.4 is 5.32 Å². The van der Waals surface area contributed by atoms with Crippen LogP contribution >= 0.6 is 22.7 Å². The molecule has 1 N–H and O–H groups in total. The molecule has 2 unspecified atom stereocenters. The quantitative estimate of drug-likeness (QED) is 0.416. The van der Waals surface area contributed by atoms with Crippen molar-refractivity contribution >= 4 is 44.7 Å². The Morgan fingerprint density at radius 3 is 2.47 bits per heavy atom. The second-order valence-corrected chi connectivity index (χ2v) is 10.6. The molecule has 0 spiro atoms. The molecule has 6 nitrogen and oxygen atoms in total. The zero-order chi connectivity index (χ0) is 23.7. The number of hydrogen-bond donors (Lipinski definition) is 1. The summed E-state index contributed by atoms with van der Waals surface area (Å²) in [5, 5.41) is 3.90. The number of aromatic nitrogens is 1. The number of morpholine rings is 1. The minimum atomic E-state index is -0.117. The predicted molar refractivity (Wildman–Crippen MR) is 136 cm³/mol. The van der Waals surface area contributed by atoms with E-state index in [1.165, 1.54) is 11.3 Å². The Hall–Kier alpha value is -3.07. The van der Waals surface area contributed by atoms with Crippen molar-refractivity contribution in [1.29, 1.82) is 0 Å². The van der Waals surface area contributed by atoms with E-state index in [9.17, 15) is 9.59 Å². The Kier molecular flexibility index (Phi) is 6.45. The number of hydrogen-bond acceptors (Lipinski definition) is 6. The Balaban J connectivity index is 1.19. The summed E-state index contributed by atoms with van der Waals surface area (Å²) in [6.45, 7) is 5.56. The monoisotopic (exact) mass is 491 g/mol. The van der Waals surface area contributed by atoms with Crippen molar-refractivity contribution in [3.8, 4) is 9.88 Å². The van der Waals surface area contributed by atoms with Gasteiger partial charge in [0.1, 0.15) is 5.01 Å². The number of thiazole rings is 1. The molecule has 0 saturated carbocycles. The van der Waals surface area contributed by atoms with Crippen molar-refractivity contribution in [2.24, 2.45) is 0 Å². The zero-order valence-corrected chi connectivity index (χ0v) is 20.6. The van der Waals surface area contributed by atoms with Gasteiger partial charge in [-0.05, 0) is 55.8 Å². The van der Waals surface area contributed by atoms with Crippen molar-refractivity contribution < 1.29 is 14.3 Å². The first-order valence-electron chi connectivity index (χ1n) is 11.2. The van der Waals surface area contributed by atoms with Crippen LogP contribution in [0.3, 0.4) is 0 Å². The molecule has 0 bridgehead atoms. The number of thiophene rings is 1. The number of ether oxygens (including phenoxy) is 1. The smallest absolute Gasteiger partial charge is 0.261 e. The number of carbonyl (C=O) groups excluding carboxylic acids is 2. The zero-order valence-electron chi connectivity index (χ0n) is 19.0. The maximum Gasteiger partial charge on any atom is 0.261 e. The summed E-state index contributed by atoms with van der Waals surface area (Å²) in [5.41, 5.74) is 2.56. The Morgan fingerprint density at radius 1 is 1.00 bits per heavy atom. The number of rotatable bonds is 5. The van der Waals surface area contributed by atoms with Gasteiger partial charge in [0.25, 0.3) is 11.8 Å². The van der Waals surface area contributed by atoms with E-state index in [0.29, 0.717) is 30.1 Å². The summed E-state index contributed by atoms with van der Waals surface area (Å²) in [4.78, 5) is 33.7. The average molecular weight is 492 g/mol. The number of para-hydroxylation sites is 1. The highest BCUT2D eigenvalue weighted by Gasteiger charge is 2.26. The summed E-state index contributed by atoms with van der Waals surface area (Å²) in [7, 11) is 0. The standard InChI is InChI=1S/C26H25N3O3S2/c1-16-14-29(15-17(2)32-16)26(31)19-9-7-18(8-10-19)13-27-24(30)22-11-12-23(33-22)25-28-20-5-3-4-6-21(20)34-25/h3-12,16-17H,13-15H2,1-2H3,(H,27,30). The van der Waals surface area contributed by atoms with Crippen molar-refractivity contribution in [2.75, 3.05) is 13.1 Å². The fourth-order valence-electron chi connectivity index (χ4n) is 4.11. The van der Waals surface area contributed by atoms with Gasteiger partial charge in [0, 0.05) is 25.2 Å². The number of nitrogens with zero attached hydrogens (tertiary/aromatic N) is 2. The van der Waals surface area contributed by atoms with Crippen LogP contribution in [0.4, 0.5) is 0 Å². The Labute approximate surface area is 206 Å². The van der Waals surface area contributed by atoms with Gasteiger partial charge in [0.2, 0.25) is 0 Å². The lowest BCUT2D eigenvalue weighted by Crippen LogP contribution is -2.48. The van der Waals surface area contributed by atoms with E-state index in [0.717, 1.165) is 25.7 Å². The summed E-state index contributed by atoms with van der Waals surface area (Å²) in [5.74, 6) is -0.104. The van der Waals surface area contributed by atoms with Crippen LogP contribution in [0.1, 0.15) is 39.4 Å². The van der Waals surface area contributed by atoms with E-state index < -0.39 is 0 Å². The van der Waals surface area contributed by atoms with Gasteiger partial charge < -0.3 is 15.0 Å². The maximum atomic E-state index is 12.8. The lowest BCUT2D eigenvalue weighted by atomic mass is 10.1. The molecular formula is C26H25N3O3S2. The highest BCUT2D eigenvalue weighted by atomic mass is 32.1. The molecule has 0 aliphatic carbocycles.